The Kier molecular flexibility index (Phi) is 7.32. The summed E-state index contributed by atoms with van der Waals surface area (Å²) in [6.45, 7) is 2.79. The zero-order valence-corrected chi connectivity index (χ0v) is 13.0. The van der Waals surface area contributed by atoms with Crippen molar-refractivity contribution in [1.82, 2.24) is 5.32 Å². The lowest BCUT2D eigenvalue weighted by Gasteiger charge is -2.27. The standard InChI is InChI=1S/C15H22N2O3.ClH/c1-2-3-6-11(9-16)17-15(18)14-10-19-12-7-4-5-8-13(12)20-14;/h4-5,7-8,11,14H,2-3,6,9-10,16H2,1H3,(H,17,18);1H. The number of carbonyl (C=O) groups excluding carboxylic acids is 1. The number of hydrogen-bond acceptors (Lipinski definition) is 4. The Bertz CT molecular complexity index is 456. The fourth-order valence-corrected chi connectivity index (χ4v) is 2.14. The molecule has 1 aliphatic rings. The maximum atomic E-state index is 12.2. The van der Waals surface area contributed by atoms with Crippen LogP contribution in [0.25, 0.3) is 0 Å². The van der Waals surface area contributed by atoms with Crippen LogP contribution in [-0.2, 0) is 4.79 Å². The normalized spacial score (nSPS) is 17.5. The van der Waals surface area contributed by atoms with Crippen LogP contribution in [0.2, 0.25) is 0 Å². The van der Waals surface area contributed by atoms with E-state index in [4.69, 9.17) is 15.2 Å². The minimum Gasteiger partial charge on any atom is -0.485 e. The first-order valence-corrected chi connectivity index (χ1v) is 7.13. The third kappa shape index (κ3) is 4.79. The molecule has 1 aromatic rings. The second-order valence-electron chi connectivity index (χ2n) is 4.95. The van der Waals surface area contributed by atoms with Crippen molar-refractivity contribution in [3.8, 4) is 11.5 Å². The first-order chi connectivity index (χ1) is 9.74. The Morgan fingerprint density at radius 2 is 2.14 bits per heavy atom. The minimum atomic E-state index is -0.611. The summed E-state index contributed by atoms with van der Waals surface area (Å²) >= 11 is 0. The van der Waals surface area contributed by atoms with Crippen LogP contribution in [0.5, 0.6) is 11.5 Å². The van der Waals surface area contributed by atoms with Gasteiger partial charge in [0.25, 0.3) is 5.91 Å². The zero-order chi connectivity index (χ0) is 14.4. The third-order valence-corrected chi connectivity index (χ3v) is 3.34. The molecule has 0 saturated carbocycles. The van der Waals surface area contributed by atoms with E-state index in [2.05, 4.69) is 12.2 Å². The van der Waals surface area contributed by atoms with E-state index in [-0.39, 0.29) is 31.0 Å². The largest absolute Gasteiger partial charge is 0.485 e. The summed E-state index contributed by atoms with van der Waals surface area (Å²) in [5, 5.41) is 2.93. The number of nitrogens with one attached hydrogen (secondary N) is 1. The first kappa shape index (κ1) is 17.6. The number of hydrogen-bond donors (Lipinski definition) is 2. The lowest BCUT2D eigenvalue weighted by Crippen LogP contribution is -2.49. The predicted octanol–water partition coefficient (Wildman–Crippen LogP) is 1.88. The molecule has 118 valence electrons. The Hall–Kier alpha value is -1.46. The van der Waals surface area contributed by atoms with Crippen LogP contribution in [0.3, 0.4) is 0 Å². The van der Waals surface area contributed by atoms with Gasteiger partial charge in [0.2, 0.25) is 6.10 Å². The molecule has 0 spiro atoms. The number of amides is 1. The van der Waals surface area contributed by atoms with Crippen LogP contribution >= 0.6 is 12.4 Å². The highest BCUT2D eigenvalue weighted by atomic mass is 35.5. The van der Waals surface area contributed by atoms with Gasteiger partial charge in [0.05, 0.1) is 0 Å². The van der Waals surface area contributed by atoms with E-state index in [1.165, 1.54) is 0 Å². The van der Waals surface area contributed by atoms with Crippen molar-refractivity contribution < 1.29 is 14.3 Å². The number of carbonyl (C=O) groups is 1. The highest BCUT2D eigenvalue weighted by Gasteiger charge is 2.28. The number of fused-ring (bicyclic) bond motifs is 1. The summed E-state index contributed by atoms with van der Waals surface area (Å²) in [5.74, 6) is 1.13. The van der Waals surface area contributed by atoms with Gasteiger partial charge in [-0.2, -0.15) is 0 Å². The molecule has 21 heavy (non-hydrogen) atoms. The molecule has 5 nitrogen and oxygen atoms in total. The molecule has 3 N–H and O–H groups in total. The molecule has 1 aliphatic heterocycles. The lowest BCUT2D eigenvalue weighted by molar-refractivity contribution is -0.131. The van der Waals surface area contributed by atoms with Crippen molar-refractivity contribution in [1.29, 1.82) is 0 Å². The summed E-state index contributed by atoms with van der Waals surface area (Å²) in [6.07, 6.45) is 2.42. The van der Waals surface area contributed by atoms with Crippen LogP contribution in [0.15, 0.2) is 24.3 Å². The van der Waals surface area contributed by atoms with Crippen LogP contribution in [0, 0.1) is 0 Å². The van der Waals surface area contributed by atoms with Gasteiger partial charge in [0.15, 0.2) is 11.5 Å². The number of rotatable bonds is 6. The van der Waals surface area contributed by atoms with Gasteiger partial charge in [-0.15, -0.1) is 12.4 Å². The minimum absolute atomic E-state index is 0. The number of benzene rings is 1. The average molecular weight is 315 g/mol. The van der Waals surface area contributed by atoms with Crippen molar-refractivity contribution in [2.45, 2.75) is 38.3 Å². The number of para-hydroxylation sites is 2. The fourth-order valence-electron chi connectivity index (χ4n) is 2.14. The van der Waals surface area contributed by atoms with Crippen molar-refractivity contribution in [2.75, 3.05) is 13.2 Å². The topological polar surface area (TPSA) is 73.6 Å². The van der Waals surface area contributed by atoms with E-state index >= 15 is 0 Å². The molecule has 2 unspecified atom stereocenters. The molecule has 0 aromatic heterocycles. The van der Waals surface area contributed by atoms with E-state index in [0.717, 1.165) is 19.3 Å². The SMILES string of the molecule is CCCCC(CN)NC(=O)C1COc2ccccc2O1.Cl. The Balaban J connectivity index is 0.00000220. The molecule has 2 rings (SSSR count). The molecule has 1 amide bonds. The van der Waals surface area contributed by atoms with Gasteiger partial charge in [0, 0.05) is 12.6 Å². The van der Waals surface area contributed by atoms with Crippen LogP contribution in [0.4, 0.5) is 0 Å². The third-order valence-electron chi connectivity index (χ3n) is 3.34. The van der Waals surface area contributed by atoms with Crippen LogP contribution < -0.4 is 20.5 Å². The van der Waals surface area contributed by atoms with Crippen molar-refractivity contribution in [3.05, 3.63) is 24.3 Å². The molecule has 0 bridgehead atoms. The number of unbranched alkanes of at least 4 members (excludes halogenated alkanes) is 1. The highest BCUT2D eigenvalue weighted by molar-refractivity contribution is 5.85. The first-order valence-electron chi connectivity index (χ1n) is 7.13. The average Bonchev–Trinajstić information content (AvgIpc) is 2.50. The molecular formula is C15H23ClN2O3. The number of ether oxygens (including phenoxy) is 2. The molecule has 1 heterocycles. The van der Waals surface area contributed by atoms with Gasteiger partial charge >= 0.3 is 0 Å². The van der Waals surface area contributed by atoms with E-state index in [0.29, 0.717) is 18.0 Å². The summed E-state index contributed by atoms with van der Waals surface area (Å²) in [5.41, 5.74) is 5.68. The van der Waals surface area contributed by atoms with E-state index in [1.807, 2.05) is 18.2 Å². The predicted molar refractivity (Wildman–Crippen MR) is 84.1 cm³/mol. The van der Waals surface area contributed by atoms with Gasteiger partial charge in [-0.05, 0) is 18.6 Å². The lowest BCUT2D eigenvalue weighted by atomic mass is 10.1. The van der Waals surface area contributed by atoms with Crippen molar-refractivity contribution >= 4 is 18.3 Å². The number of halogens is 1. The van der Waals surface area contributed by atoms with E-state index in [9.17, 15) is 4.79 Å². The van der Waals surface area contributed by atoms with Gasteiger partial charge in [-0.25, -0.2) is 0 Å². The number of nitrogens with two attached hydrogens (primary N) is 1. The van der Waals surface area contributed by atoms with Gasteiger partial charge in [-0.3, -0.25) is 4.79 Å². The smallest absolute Gasteiger partial charge is 0.264 e. The quantitative estimate of drug-likeness (QED) is 0.841. The second-order valence-corrected chi connectivity index (χ2v) is 4.95. The molecular weight excluding hydrogens is 292 g/mol. The molecule has 0 radical (unpaired) electrons. The van der Waals surface area contributed by atoms with E-state index in [1.54, 1.807) is 6.07 Å². The molecule has 2 atom stereocenters. The van der Waals surface area contributed by atoms with Crippen molar-refractivity contribution in [2.24, 2.45) is 5.73 Å². The summed E-state index contributed by atoms with van der Waals surface area (Å²) < 4.78 is 11.2. The summed E-state index contributed by atoms with van der Waals surface area (Å²) in [6, 6.07) is 7.35. The highest BCUT2D eigenvalue weighted by Crippen LogP contribution is 2.30. The van der Waals surface area contributed by atoms with Crippen LogP contribution in [0.1, 0.15) is 26.2 Å². The van der Waals surface area contributed by atoms with Gasteiger partial charge in [-0.1, -0.05) is 31.9 Å². The maximum absolute atomic E-state index is 12.2. The summed E-state index contributed by atoms with van der Waals surface area (Å²) in [4.78, 5) is 12.2. The van der Waals surface area contributed by atoms with Gasteiger partial charge < -0.3 is 20.5 Å². The van der Waals surface area contributed by atoms with E-state index < -0.39 is 6.10 Å². The fraction of sp³-hybridized carbons (Fsp3) is 0.533. The molecule has 0 aliphatic carbocycles. The Morgan fingerprint density at radius 1 is 1.43 bits per heavy atom. The zero-order valence-electron chi connectivity index (χ0n) is 12.2. The second kappa shape index (κ2) is 8.74. The molecule has 0 fully saturated rings. The van der Waals surface area contributed by atoms with Gasteiger partial charge in [0.1, 0.15) is 6.61 Å². The Labute approximate surface area is 131 Å². The van der Waals surface area contributed by atoms with Crippen LogP contribution in [-0.4, -0.2) is 31.2 Å². The van der Waals surface area contributed by atoms with Crippen molar-refractivity contribution in [3.63, 3.8) is 0 Å². The molecule has 6 heteroatoms. The summed E-state index contributed by atoms with van der Waals surface area (Å²) in [7, 11) is 0. The maximum Gasteiger partial charge on any atom is 0.264 e. The monoisotopic (exact) mass is 314 g/mol. The molecule has 1 aromatic carbocycles. The molecule has 0 saturated heterocycles. The Morgan fingerprint density at radius 3 is 2.81 bits per heavy atom.